The Hall–Kier alpha value is -4.13. The number of anilines is 2. The van der Waals surface area contributed by atoms with Gasteiger partial charge in [0.15, 0.2) is 5.54 Å². The van der Waals surface area contributed by atoms with Crippen molar-refractivity contribution in [2.24, 2.45) is 5.92 Å². The maximum Gasteiger partial charge on any atom is 0.334 e. The van der Waals surface area contributed by atoms with Crippen molar-refractivity contribution < 1.29 is 9.53 Å². The lowest BCUT2D eigenvalue weighted by molar-refractivity contribution is -0.149. The molecule has 2 aromatic heterocycles. The van der Waals surface area contributed by atoms with Crippen LogP contribution in [0.25, 0.3) is 5.65 Å². The Balaban J connectivity index is 1.83. The standard InChI is InChI=1S/C28H28N4O3/c1-19(2)28(27(34)35-3)24(29-21-14-8-5-9-15-21)23-25(32(28)18-20-12-6-4-7-13-20)30-22-16-10-11-17-31(22)26(23)33/h4-17,19,24,29H,18H2,1-3H3/t24-,28+/m1/s1. The number of pyridine rings is 1. The number of carbonyl (C=O) groups is 1. The van der Waals surface area contributed by atoms with Gasteiger partial charge in [0.2, 0.25) is 0 Å². The largest absolute Gasteiger partial charge is 0.467 e. The number of ether oxygens (including phenoxy) is 1. The first-order valence-corrected chi connectivity index (χ1v) is 11.7. The lowest BCUT2D eigenvalue weighted by Crippen LogP contribution is -2.61. The molecule has 0 amide bonds. The van der Waals surface area contributed by atoms with E-state index < -0.39 is 17.6 Å². The molecule has 0 saturated carbocycles. The molecule has 0 spiro atoms. The van der Waals surface area contributed by atoms with Gasteiger partial charge in [-0.25, -0.2) is 9.78 Å². The highest BCUT2D eigenvalue weighted by atomic mass is 16.5. The van der Waals surface area contributed by atoms with Crippen molar-refractivity contribution in [2.45, 2.75) is 32.0 Å². The molecule has 5 rings (SSSR count). The van der Waals surface area contributed by atoms with Crippen LogP contribution < -0.4 is 15.8 Å². The van der Waals surface area contributed by atoms with Crippen molar-refractivity contribution in [3.05, 3.63) is 107 Å². The van der Waals surface area contributed by atoms with Crippen LogP contribution in [-0.4, -0.2) is 28.0 Å². The minimum absolute atomic E-state index is 0.205. The third kappa shape index (κ3) is 3.55. The van der Waals surface area contributed by atoms with Crippen molar-refractivity contribution in [3.8, 4) is 0 Å². The molecular formula is C28H28N4O3. The fourth-order valence-electron chi connectivity index (χ4n) is 5.23. The number of nitrogens with one attached hydrogen (secondary N) is 1. The van der Waals surface area contributed by atoms with E-state index in [-0.39, 0.29) is 11.5 Å². The van der Waals surface area contributed by atoms with Crippen LogP contribution in [0.4, 0.5) is 11.5 Å². The zero-order chi connectivity index (χ0) is 24.6. The van der Waals surface area contributed by atoms with Crippen molar-refractivity contribution in [2.75, 3.05) is 17.3 Å². The predicted octanol–water partition coefficient (Wildman–Crippen LogP) is 4.44. The zero-order valence-corrected chi connectivity index (χ0v) is 20.0. The monoisotopic (exact) mass is 468 g/mol. The second-order valence-electron chi connectivity index (χ2n) is 9.07. The molecule has 7 heteroatoms. The molecule has 0 bridgehead atoms. The third-order valence-corrected chi connectivity index (χ3v) is 6.84. The number of hydrogen-bond donors (Lipinski definition) is 1. The molecule has 4 aromatic rings. The first kappa shape index (κ1) is 22.7. The molecule has 2 aromatic carbocycles. The summed E-state index contributed by atoms with van der Waals surface area (Å²) in [5.41, 5.74) is 1.36. The summed E-state index contributed by atoms with van der Waals surface area (Å²) in [6.45, 7) is 4.36. The molecule has 0 aliphatic carbocycles. The summed E-state index contributed by atoms with van der Waals surface area (Å²) in [4.78, 5) is 34.6. The van der Waals surface area contributed by atoms with E-state index in [2.05, 4.69) is 5.32 Å². The molecule has 2 atom stereocenters. The van der Waals surface area contributed by atoms with Gasteiger partial charge in [-0.1, -0.05) is 68.4 Å². The van der Waals surface area contributed by atoms with Crippen LogP contribution in [-0.2, 0) is 16.1 Å². The molecule has 0 saturated heterocycles. The topological polar surface area (TPSA) is 75.9 Å². The van der Waals surface area contributed by atoms with E-state index in [1.807, 2.05) is 85.5 Å². The van der Waals surface area contributed by atoms with Crippen molar-refractivity contribution in [1.29, 1.82) is 0 Å². The lowest BCUT2D eigenvalue weighted by atomic mass is 9.78. The van der Waals surface area contributed by atoms with Crippen LogP contribution in [0.1, 0.15) is 31.0 Å². The second-order valence-corrected chi connectivity index (χ2v) is 9.07. The van der Waals surface area contributed by atoms with E-state index in [0.717, 1.165) is 11.3 Å². The Morgan fingerprint density at radius 3 is 2.34 bits per heavy atom. The number of methoxy groups -OCH3 is 1. The first-order valence-electron chi connectivity index (χ1n) is 11.7. The van der Waals surface area contributed by atoms with Crippen LogP contribution >= 0.6 is 0 Å². The quantitative estimate of drug-likeness (QED) is 0.422. The summed E-state index contributed by atoms with van der Waals surface area (Å²) in [5.74, 6) is -0.137. The molecule has 0 fully saturated rings. The van der Waals surface area contributed by atoms with E-state index in [4.69, 9.17) is 9.72 Å². The number of hydrogen-bond acceptors (Lipinski definition) is 6. The van der Waals surface area contributed by atoms with Gasteiger partial charge in [-0.05, 0) is 35.7 Å². The third-order valence-electron chi connectivity index (χ3n) is 6.84. The normalized spacial score (nSPS) is 19.1. The van der Waals surface area contributed by atoms with Gasteiger partial charge in [0, 0.05) is 18.4 Å². The van der Waals surface area contributed by atoms with Crippen LogP contribution in [0.5, 0.6) is 0 Å². The van der Waals surface area contributed by atoms with Gasteiger partial charge < -0.3 is 15.0 Å². The Kier molecular flexibility index (Phi) is 5.76. The predicted molar refractivity (Wildman–Crippen MR) is 136 cm³/mol. The smallest absolute Gasteiger partial charge is 0.334 e. The van der Waals surface area contributed by atoms with Crippen molar-refractivity contribution in [1.82, 2.24) is 9.38 Å². The average molecular weight is 469 g/mol. The molecule has 0 unspecified atom stereocenters. The zero-order valence-electron chi connectivity index (χ0n) is 20.0. The summed E-state index contributed by atoms with van der Waals surface area (Å²) in [7, 11) is 1.40. The number of fused-ring (bicyclic) bond motifs is 2. The highest BCUT2D eigenvalue weighted by Gasteiger charge is 2.61. The van der Waals surface area contributed by atoms with E-state index in [9.17, 15) is 9.59 Å². The molecule has 35 heavy (non-hydrogen) atoms. The number of benzene rings is 2. The molecule has 1 N–H and O–H groups in total. The van der Waals surface area contributed by atoms with Crippen LogP contribution in [0.3, 0.4) is 0 Å². The molecule has 1 aliphatic heterocycles. The molecule has 1 aliphatic rings. The molecule has 3 heterocycles. The summed E-state index contributed by atoms with van der Waals surface area (Å²) in [6, 6.07) is 24.3. The maximum absolute atomic E-state index is 13.9. The number of carbonyl (C=O) groups excluding carboxylic acids is 1. The average Bonchev–Trinajstić information content (AvgIpc) is 3.15. The fraction of sp³-hybridized carbons (Fsp3) is 0.250. The summed E-state index contributed by atoms with van der Waals surface area (Å²) < 4.78 is 6.98. The molecule has 178 valence electrons. The van der Waals surface area contributed by atoms with Crippen molar-refractivity contribution >= 4 is 23.1 Å². The number of esters is 1. The molecular weight excluding hydrogens is 440 g/mol. The van der Waals surface area contributed by atoms with Gasteiger partial charge in [-0.15, -0.1) is 0 Å². The number of para-hydroxylation sites is 1. The van der Waals surface area contributed by atoms with Crippen molar-refractivity contribution in [3.63, 3.8) is 0 Å². The lowest BCUT2D eigenvalue weighted by Gasteiger charge is -2.44. The van der Waals surface area contributed by atoms with E-state index in [1.165, 1.54) is 11.5 Å². The summed E-state index contributed by atoms with van der Waals surface area (Å²) in [5, 5.41) is 3.51. The minimum Gasteiger partial charge on any atom is -0.467 e. The first-order chi connectivity index (χ1) is 17.0. The van der Waals surface area contributed by atoms with Crippen LogP contribution in [0.15, 0.2) is 89.9 Å². The van der Waals surface area contributed by atoms with Gasteiger partial charge in [0.25, 0.3) is 5.56 Å². The summed E-state index contributed by atoms with van der Waals surface area (Å²) >= 11 is 0. The number of rotatable bonds is 6. The SMILES string of the molecule is COC(=O)[C@]1(C(C)C)[C@H](Nc2ccccc2)c2c(nc3ccccn3c2=O)N1Cc1ccccc1. The van der Waals surface area contributed by atoms with E-state index in [0.29, 0.717) is 23.6 Å². The fourth-order valence-corrected chi connectivity index (χ4v) is 5.23. The number of aromatic nitrogens is 2. The molecule has 7 nitrogen and oxygen atoms in total. The highest BCUT2D eigenvalue weighted by Crippen LogP contribution is 2.50. The second kappa shape index (κ2) is 8.91. The van der Waals surface area contributed by atoms with E-state index >= 15 is 0 Å². The molecule has 0 radical (unpaired) electrons. The van der Waals surface area contributed by atoms with Gasteiger partial charge in [0.05, 0.1) is 18.7 Å². The van der Waals surface area contributed by atoms with Gasteiger partial charge >= 0.3 is 5.97 Å². The Labute approximate surface area is 204 Å². The summed E-state index contributed by atoms with van der Waals surface area (Å²) in [6.07, 6.45) is 1.71. The van der Waals surface area contributed by atoms with E-state index in [1.54, 1.807) is 18.3 Å². The minimum atomic E-state index is -1.22. The Bertz CT molecular complexity index is 1420. The highest BCUT2D eigenvalue weighted by molar-refractivity contribution is 5.91. The Morgan fingerprint density at radius 2 is 1.69 bits per heavy atom. The van der Waals surface area contributed by atoms with Gasteiger partial charge in [-0.3, -0.25) is 9.20 Å². The van der Waals surface area contributed by atoms with Crippen LogP contribution in [0, 0.1) is 5.92 Å². The number of nitrogens with zero attached hydrogens (tertiary/aromatic N) is 3. The maximum atomic E-state index is 13.9. The van der Waals surface area contributed by atoms with Crippen LogP contribution in [0.2, 0.25) is 0 Å². The Morgan fingerprint density at radius 1 is 1.03 bits per heavy atom. The van der Waals surface area contributed by atoms with Gasteiger partial charge in [0.1, 0.15) is 11.5 Å². The van der Waals surface area contributed by atoms with Gasteiger partial charge in [-0.2, -0.15) is 0 Å².